The van der Waals surface area contributed by atoms with Crippen LogP contribution in [0.3, 0.4) is 0 Å². The Morgan fingerprint density at radius 3 is 2.52 bits per heavy atom. The van der Waals surface area contributed by atoms with E-state index in [4.69, 9.17) is 12.2 Å². The first-order valence-corrected chi connectivity index (χ1v) is 8.28. The number of rotatable bonds is 5. The van der Waals surface area contributed by atoms with Gasteiger partial charge in [-0.2, -0.15) is 0 Å². The summed E-state index contributed by atoms with van der Waals surface area (Å²) in [4.78, 5) is 27.4. The molecule has 1 amide bonds. The molecule has 0 bridgehead atoms. The topological polar surface area (TPSA) is 60.9 Å². The van der Waals surface area contributed by atoms with E-state index in [0.717, 1.165) is 32.1 Å². The van der Waals surface area contributed by atoms with Gasteiger partial charge in [0, 0.05) is 6.04 Å². The van der Waals surface area contributed by atoms with Crippen LogP contribution in [0, 0.1) is 0 Å². The summed E-state index contributed by atoms with van der Waals surface area (Å²) >= 11 is 5.47. The van der Waals surface area contributed by atoms with Crippen LogP contribution >= 0.6 is 12.2 Å². The molecule has 21 heavy (non-hydrogen) atoms. The number of thiocarbonyl (C=S) groups is 1. The maximum Gasteiger partial charge on any atom is 0.326 e. The van der Waals surface area contributed by atoms with Gasteiger partial charge in [0.1, 0.15) is 12.1 Å². The maximum atomic E-state index is 12.7. The lowest BCUT2D eigenvalue weighted by atomic mass is 9.94. The van der Waals surface area contributed by atoms with Crippen molar-refractivity contribution >= 4 is 29.2 Å². The highest BCUT2D eigenvalue weighted by molar-refractivity contribution is 7.80. The van der Waals surface area contributed by atoms with Crippen molar-refractivity contribution in [1.82, 2.24) is 9.80 Å². The Hall–Kier alpha value is -1.17. The molecule has 1 saturated heterocycles. The van der Waals surface area contributed by atoms with Gasteiger partial charge < -0.3 is 10.0 Å². The zero-order chi connectivity index (χ0) is 15.6. The van der Waals surface area contributed by atoms with Gasteiger partial charge in [0.25, 0.3) is 5.91 Å². The van der Waals surface area contributed by atoms with Gasteiger partial charge in [0.2, 0.25) is 0 Å². The van der Waals surface area contributed by atoms with E-state index in [1.165, 1.54) is 6.42 Å². The predicted molar refractivity (Wildman–Crippen MR) is 83.9 cm³/mol. The van der Waals surface area contributed by atoms with Gasteiger partial charge in [-0.25, -0.2) is 4.79 Å². The van der Waals surface area contributed by atoms with Crippen molar-refractivity contribution < 1.29 is 14.7 Å². The van der Waals surface area contributed by atoms with Crippen LogP contribution in [0.4, 0.5) is 0 Å². The lowest BCUT2D eigenvalue weighted by molar-refractivity contribution is -0.142. The fraction of sp³-hybridized carbons (Fsp3) is 0.800. The second-order valence-electron chi connectivity index (χ2n) is 6.01. The summed E-state index contributed by atoms with van der Waals surface area (Å²) in [7, 11) is 0. The first-order chi connectivity index (χ1) is 9.99. The third-order valence-corrected chi connectivity index (χ3v) is 4.97. The van der Waals surface area contributed by atoms with Gasteiger partial charge in [0.15, 0.2) is 5.11 Å². The molecule has 2 fully saturated rings. The zero-order valence-corrected chi connectivity index (χ0v) is 13.6. The summed E-state index contributed by atoms with van der Waals surface area (Å²) in [5.41, 5.74) is 0. The number of carboxylic acid groups (broad SMARTS) is 1. The van der Waals surface area contributed by atoms with E-state index >= 15 is 0 Å². The quantitative estimate of drug-likeness (QED) is 0.790. The second-order valence-corrected chi connectivity index (χ2v) is 6.37. The molecule has 118 valence electrons. The largest absolute Gasteiger partial charge is 0.480 e. The van der Waals surface area contributed by atoms with Crippen LogP contribution in [-0.2, 0) is 9.59 Å². The molecule has 1 saturated carbocycles. The molecule has 0 radical (unpaired) electrons. The Kier molecular flexibility index (Phi) is 5.19. The molecule has 6 heteroatoms. The lowest BCUT2D eigenvalue weighted by Crippen LogP contribution is -2.46. The average molecular weight is 312 g/mol. The van der Waals surface area contributed by atoms with Gasteiger partial charge in [-0.05, 0) is 38.4 Å². The molecule has 0 aromatic heterocycles. The second kappa shape index (κ2) is 6.73. The third-order valence-electron chi connectivity index (χ3n) is 4.56. The predicted octanol–water partition coefficient (Wildman–Crippen LogP) is 2.39. The molecular formula is C15H24N2O3S. The normalized spacial score (nSPS) is 25.5. The van der Waals surface area contributed by atoms with Gasteiger partial charge in [-0.3, -0.25) is 9.69 Å². The highest BCUT2D eigenvalue weighted by Gasteiger charge is 2.47. The zero-order valence-electron chi connectivity index (χ0n) is 12.7. The Labute approximate surface area is 131 Å². The van der Waals surface area contributed by atoms with E-state index in [0.29, 0.717) is 11.5 Å². The Morgan fingerprint density at radius 1 is 1.38 bits per heavy atom. The number of carboxylic acids is 1. The highest BCUT2D eigenvalue weighted by Crippen LogP contribution is 2.31. The molecule has 1 N–H and O–H groups in total. The number of carbonyl (C=O) groups excluding carboxylic acids is 1. The molecular weight excluding hydrogens is 288 g/mol. The Morgan fingerprint density at radius 2 is 2.00 bits per heavy atom. The van der Waals surface area contributed by atoms with Crippen LogP contribution in [-0.4, -0.2) is 50.0 Å². The molecule has 0 aromatic rings. The minimum absolute atomic E-state index is 0.00171. The Bertz CT molecular complexity index is 435. The van der Waals surface area contributed by atoms with E-state index in [9.17, 15) is 14.7 Å². The molecule has 0 spiro atoms. The number of carbonyl (C=O) groups is 2. The van der Waals surface area contributed by atoms with Crippen LogP contribution in [0.25, 0.3) is 0 Å². The van der Waals surface area contributed by atoms with Crippen LogP contribution < -0.4 is 0 Å². The molecule has 1 unspecified atom stereocenters. The molecule has 0 aromatic carbocycles. The smallest absolute Gasteiger partial charge is 0.326 e. The van der Waals surface area contributed by atoms with E-state index < -0.39 is 18.1 Å². The molecule has 1 heterocycles. The van der Waals surface area contributed by atoms with Crippen LogP contribution in [0.2, 0.25) is 0 Å². The monoisotopic (exact) mass is 312 g/mol. The van der Waals surface area contributed by atoms with Crippen LogP contribution in [0.5, 0.6) is 0 Å². The van der Waals surface area contributed by atoms with Gasteiger partial charge in [-0.1, -0.05) is 32.6 Å². The van der Waals surface area contributed by atoms with Gasteiger partial charge >= 0.3 is 5.97 Å². The van der Waals surface area contributed by atoms with Crippen molar-refractivity contribution in [2.24, 2.45) is 0 Å². The van der Waals surface area contributed by atoms with E-state index in [1.54, 1.807) is 16.7 Å². The molecule has 1 aliphatic heterocycles. The van der Waals surface area contributed by atoms with Crippen LogP contribution in [0.1, 0.15) is 58.8 Å². The summed E-state index contributed by atoms with van der Waals surface area (Å²) in [5, 5.41) is 9.71. The van der Waals surface area contributed by atoms with Gasteiger partial charge in [0.05, 0.1) is 0 Å². The van der Waals surface area contributed by atoms with E-state index in [-0.39, 0.29) is 11.9 Å². The first-order valence-electron chi connectivity index (χ1n) is 7.87. The van der Waals surface area contributed by atoms with Crippen molar-refractivity contribution in [2.45, 2.75) is 76.9 Å². The standard InChI is InChI=1S/C15H24N2O3S/c1-3-7-12-13(18)17(11-8-5-4-6-9-11)15(21)16(12)10(2)14(19)20/h10-12H,3-9H2,1-2H3,(H,19,20)/t10-,12?/m0/s1. The maximum absolute atomic E-state index is 12.7. The lowest BCUT2D eigenvalue weighted by Gasteiger charge is -2.32. The summed E-state index contributed by atoms with van der Waals surface area (Å²) in [6, 6.07) is -1.01. The number of nitrogens with zero attached hydrogens (tertiary/aromatic N) is 2. The van der Waals surface area contributed by atoms with Crippen molar-refractivity contribution in [2.75, 3.05) is 0 Å². The minimum Gasteiger partial charge on any atom is -0.480 e. The fourth-order valence-electron chi connectivity index (χ4n) is 3.40. The number of amides is 1. The first kappa shape index (κ1) is 16.2. The van der Waals surface area contributed by atoms with Crippen molar-refractivity contribution in [3.8, 4) is 0 Å². The van der Waals surface area contributed by atoms with E-state index in [2.05, 4.69) is 0 Å². The van der Waals surface area contributed by atoms with Crippen molar-refractivity contribution in [3.05, 3.63) is 0 Å². The summed E-state index contributed by atoms with van der Waals surface area (Å²) < 4.78 is 0. The Balaban J connectivity index is 2.25. The summed E-state index contributed by atoms with van der Waals surface area (Å²) in [6.07, 6.45) is 6.87. The fourth-order valence-corrected chi connectivity index (χ4v) is 3.92. The van der Waals surface area contributed by atoms with Crippen molar-refractivity contribution in [1.29, 1.82) is 0 Å². The van der Waals surface area contributed by atoms with E-state index in [1.807, 2.05) is 6.92 Å². The molecule has 2 atom stereocenters. The summed E-state index contributed by atoms with van der Waals surface area (Å²) in [5.74, 6) is -0.932. The SMILES string of the molecule is CCCC1C(=O)N(C2CCCCC2)C(=S)N1[C@@H](C)C(=O)O. The van der Waals surface area contributed by atoms with Crippen molar-refractivity contribution in [3.63, 3.8) is 0 Å². The molecule has 2 rings (SSSR count). The number of aliphatic carboxylic acids is 1. The molecule has 5 nitrogen and oxygen atoms in total. The summed E-state index contributed by atoms with van der Waals surface area (Å²) in [6.45, 7) is 3.61. The number of hydrogen-bond acceptors (Lipinski definition) is 3. The van der Waals surface area contributed by atoms with Gasteiger partial charge in [-0.15, -0.1) is 0 Å². The van der Waals surface area contributed by atoms with Crippen LogP contribution in [0.15, 0.2) is 0 Å². The number of hydrogen-bond donors (Lipinski definition) is 1. The third kappa shape index (κ3) is 3.05. The minimum atomic E-state index is -0.934. The highest BCUT2D eigenvalue weighted by atomic mass is 32.1. The average Bonchev–Trinajstić information content (AvgIpc) is 2.71. The molecule has 1 aliphatic carbocycles. The molecule has 2 aliphatic rings.